The largest absolute Gasteiger partial charge is 0.325 e. The van der Waals surface area contributed by atoms with E-state index < -0.39 is 0 Å². The molecule has 1 heterocycles. The van der Waals surface area contributed by atoms with Gasteiger partial charge in [0.25, 0.3) is 0 Å². The van der Waals surface area contributed by atoms with E-state index >= 15 is 0 Å². The molecular weight excluding hydrogens is 314 g/mol. The number of H-pyrrole nitrogens is 1. The van der Waals surface area contributed by atoms with Crippen LogP contribution in [0.4, 0.5) is 5.69 Å². The number of hydrogen-bond acceptors (Lipinski definition) is 4. The zero-order valence-corrected chi connectivity index (χ0v) is 14.5. The van der Waals surface area contributed by atoms with Crippen molar-refractivity contribution < 1.29 is 4.79 Å². The molecule has 0 aliphatic rings. The topological polar surface area (TPSA) is 82.7 Å². The summed E-state index contributed by atoms with van der Waals surface area (Å²) in [6.07, 6.45) is 1.29. The Labute approximate surface area is 142 Å². The Morgan fingerprint density at radius 2 is 2.04 bits per heavy atom. The summed E-state index contributed by atoms with van der Waals surface area (Å²) >= 11 is 0. The summed E-state index contributed by atoms with van der Waals surface area (Å²) in [5, 5.41) is 13.2. The van der Waals surface area contributed by atoms with Crippen LogP contribution in [0.1, 0.15) is 38.4 Å². The van der Waals surface area contributed by atoms with Crippen LogP contribution >= 0.6 is 12.4 Å². The van der Waals surface area contributed by atoms with Crippen LogP contribution in [0.3, 0.4) is 0 Å². The van der Waals surface area contributed by atoms with Crippen LogP contribution in [0.2, 0.25) is 0 Å². The summed E-state index contributed by atoms with van der Waals surface area (Å²) < 4.78 is 0. The van der Waals surface area contributed by atoms with Crippen LogP contribution in [-0.4, -0.2) is 34.7 Å². The summed E-state index contributed by atoms with van der Waals surface area (Å²) in [4.78, 5) is 16.5. The minimum absolute atomic E-state index is 0. The van der Waals surface area contributed by atoms with Crippen LogP contribution in [0, 0.1) is 0 Å². The Hall–Kier alpha value is -1.92. The Morgan fingerprint density at radius 3 is 2.70 bits per heavy atom. The second kappa shape index (κ2) is 9.27. The molecule has 0 aliphatic heterocycles. The van der Waals surface area contributed by atoms with Gasteiger partial charge in [0.1, 0.15) is 5.82 Å². The lowest BCUT2D eigenvalue weighted by Crippen LogP contribution is -2.15. The fourth-order valence-electron chi connectivity index (χ4n) is 2.08. The molecule has 0 radical (unpaired) electrons. The summed E-state index contributed by atoms with van der Waals surface area (Å²) in [6, 6.07) is 7.59. The zero-order chi connectivity index (χ0) is 15.9. The van der Waals surface area contributed by atoms with E-state index in [1.54, 1.807) is 0 Å². The molecule has 0 unspecified atom stereocenters. The Bertz CT molecular complexity index is 626. The number of amides is 1. The maximum Gasteiger partial charge on any atom is 0.224 e. The van der Waals surface area contributed by atoms with Crippen molar-refractivity contribution in [1.82, 2.24) is 20.5 Å². The fraction of sp³-hybridized carbons (Fsp3) is 0.438. The van der Waals surface area contributed by atoms with E-state index in [1.807, 2.05) is 31.3 Å². The molecule has 126 valence electrons. The molecule has 1 aromatic carbocycles. The molecular formula is C16H24ClN5O. The third kappa shape index (κ3) is 5.33. The number of halogens is 1. The van der Waals surface area contributed by atoms with Gasteiger partial charge in [0.2, 0.25) is 5.91 Å². The number of aromatic nitrogens is 3. The Kier molecular flexibility index (Phi) is 7.71. The number of nitrogens with zero attached hydrogens (tertiary/aromatic N) is 2. The van der Waals surface area contributed by atoms with Gasteiger partial charge >= 0.3 is 0 Å². The van der Waals surface area contributed by atoms with E-state index in [4.69, 9.17) is 0 Å². The monoisotopic (exact) mass is 337 g/mol. The number of carbonyl (C=O) groups excluding carboxylic acids is 1. The van der Waals surface area contributed by atoms with E-state index in [9.17, 15) is 4.79 Å². The van der Waals surface area contributed by atoms with Crippen molar-refractivity contribution in [2.75, 3.05) is 18.9 Å². The second-order valence-electron chi connectivity index (χ2n) is 5.50. The van der Waals surface area contributed by atoms with Crippen molar-refractivity contribution in [1.29, 1.82) is 0 Å². The maximum absolute atomic E-state index is 12.0. The molecule has 23 heavy (non-hydrogen) atoms. The van der Waals surface area contributed by atoms with Crippen LogP contribution in [0.5, 0.6) is 0 Å². The highest BCUT2D eigenvalue weighted by molar-refractivity contribution is 5.94. The zero-order valence-electron chi connectivity index (χ0n) is 13.7. The van der Waals surface area contributed by atoms with Gasteiger partial charge in [-0.2, -0.15) is 5.10 Å². The second-order valence-corrected chi connectivity index (χ2v) is 5.50. The SMILES string of the molecule is CNCCCC(=O)Nc1ccccc1-c1n[nH]c(C(C)C)n1.Cl. The van der Waals surface area contributed by atoms with Crippen molar-refractivity contribution in [2.45, 2.75) is 32.6 Å². The number of carbonyl (C=O) groups is 1. The lowest BCUT2D eigenvalue weighted by molar-refractivity contribution is -0.116. The molecule has 0 saturated carbocycles. The quantitative estimate of drug-likeness (QED) is 0.678. The maximum atomic E-state index is 12.0. The summed E-state index contributed by atoms with van der Waals surface area (Å²) in [7, 11) is 1.88. The van der Waals surface area contributed by atoms with Crippen molar-refractivity contribution in [3.63, 3.8) is 0 Å². The van der Waals surface area contributed by atoms with Gasteiger partial charge in [-0.15, -0.1) is 12.4 Å². The number of rotatable bonds is 7. The van der Waals surface area contributed by atoms with Crippen molar-refractivity contribution in [3.8, 4) is 11.4 Å². The van der Waals surface area contributed by atoms with E-state index in [2.05, 4.69) is 39.7 Å². The van der Waals surface area contributed by atoms with Crippen molar-refractivity contribution >= 4 is 24.0 Å². The molecule has 0 saturated heterocycles. The average molecular weight is 338 g/mol. The molecule has 3 N–H and O–H groups in total. The van der Waals surface area contributed by atoms with Gasteiger partial charge in [-0.3, -0.25) is 9.89 Å². The van der Waals surface area contributed by atoms with Gasteiger partial charge in [0.15, 0.2) is 5.82 Å². The van der Waals surface area contributed by atoms with Gasteiger partial charge in [-0.25, -0.2) is 4.98 Å². The van der Waals surface area contributed by atoms with Crippen molar-refractivity contribution in [2.24, 2.45) is 0 Å². The van der Waals surface area contributed by atoms with E-state index in [0.717, 1.165) is 30.0 Å². The molecule has 7 heteroatoms. The standard InChI is InChI=1S/C16H23N5O.ClH/c1-11(2)15-19-16(21-20-15)12-7-4-5-8-13(12)18-14(22)9-6-10-17-3;/h4-5,7-8,11,17H,6,9-10H2,1-3H3,(H,18,22)(H,19,20,21);1H. The molecule has 1 aromatic heterocycles. The molecule has 0 spiro atoms. The van der Waals surface area contributed by atoms with Gasteiger partial charge in [-0.1, -0.05) is 26.0 Å². The number of nitrogens with one attached hydrogen (secondary N) is 3. The van der Waals surface area contributed by atoms with Gasteiger partial charge in [0.05, 0.1) is 5.69 Å². The van der Waals surface area contributed by atoms with Crippen LogP contribution in [-0.2, 0) is 4.79 Å². The molecule has 6 nitrogen and oxygen atoms in total. The van der Waals surface area contributed by atoms with Gasteiger partial charge in [-0.05, 0) is 32.1 Å². The highest BCUT2D eigenvalue weighted by Crippen LogP contribution is 2.26. The van der Waals surface area contributed by atoms with Gasteiger partial charge < -0.3 is 10.6 Å². The predicted octanol–water partition coefficient (Wildman–Crippen LogP) is 2.96. The van der Waals surface area contributed by atoms with E-state index in [1.165, 1.54) is 0 Å². The minimum Gasteiger partial charge on any atom is -0.325 e. The Morgan fingerprint density at radius 1 is 1.30 bits per heavy atom. The number of benzene rings is 1. The van der Waals surface area contributed by atoms with Crippen LogP contribution < -0.4 is 10.6 Å². The first-order valence-corrected chi connectivity index (χ1v) is 7.58. The first-order valence-electron chi connectivity index (χ1n) is 7.58. The highest BCUT2D eigenvalue weighted by Gasteiger charge is 2.13. The smallest absolute Gasteiger partial charge is 0.224 e. The molecule has 2 aromatic rings. The average Bonchev–Trinajstić information content (AvgIpc) is 2.98. The number of para-hydroxylation sites is 1. The lowest BCUT2D eigenvalue weighted by Gasteiger charge is -2.08. The first-order chi connectivity index (χ1) is 10.6. The van der Waals surface area contributed by atoms with Crippen LogP contribution in [0.15, 0.2) is 24.3 Å². The predicted molar refractivity (Wildman–Crippen MR) is 94.9 cm³/mol. The number of hydrogen-bond donors (Lipinski definition) is 3. The van der Waals surface area contributed by atoms with E-state index in [0.29, 0.717) is 12.2 Å². The molecule has 0 fully saturated rings. The third-order valence-electron chi connectivity index (χ3n) is 3.32. The minimum atomic E-state index is 0. The molecule has 0 bridgehead atoms. The molecule has 1 amide bonds. The first kappa shape index (κ1) is 19.1. The third-order valence-corrected chi connectivity index (χ3v) is 3.32. The molecule has 0 aliphatic carbocycles. The fourth-order valence-corrected chi connectivity index (χ4v) is 2.08. The van der Waals surface area contributed by atoms with Gasteiger partial charge in [0, 0.05) is 17.9 Å². The normalized spacial score (nSPS) is 10.4. The Balaban J connectivity index is 0.00000264. The summed E-state index contributed by atoms with van der Waals surface area (Å²) in [5.74, 6) is 1.73. The molecule has 0 atom stereocenters. The summed E-state index contributed by atoms with van der Waals surface area (Å²) in [6.45, 7) is 4.94. The van der Waals surface area contributed by atoms with Crippen LogP contribution in [0.25, 0.3) is 11.4 Å². The number of anilines is 1. The van der Waals surface area contributed by atoms with Crippen molar-refractivity contribution in [3.05, 3.63) is 30.1 Å². The summed E-state index contributed by atoms with van der Waals surface area (Å²) in [5.41, 5.74) is 1.57. The number of aromatic amines is 1. The van der Waals surface area contributed by atoms with E-state index in [-0.39, 0.29) is 24.2 Å². The lowest BCUT2D eigenvalue weighted by atomic mass is 10.1. The highest BCUT2D eigenvalue weighted by atomic mass is 35.5. The molecule has 2 rings (SSSR count).